The quantitative estimate of drug-likeness (QED) is 0.730. The van der Waals surface area contributed by atoms with E-state index in [2.05, 4.69) is 41.5 Å². The van der Waals surface area contributed by atoms with Gasteiger partial charge in [0.05, 0.1) is 0 Å². The first-order valence-electron chi connectivity index (χ1n) is 8.58. The standard InChI is InChI=1S/C18H29N3O.2ClH/c1-3-13-21(4-2)17-7-5-16(6-8-17)18(22)20-12-10-15-9-11-19-14-15;;/h5-8,15,19H,3-4,9-14H2,1-2H3,(H,20,22);2*1H. The summed E-state index contributed by atoms with van der Waals surface area (Å²) in [6.45, 7) is 9.37. The van der Waals surface area contributed by atoms with Crippen molar-refractivity contribution in [2.75, 3.05) is 37.6 Å². The normalized spacial score (nSPS) is 16.0. The summed E-state index contributed by atoms with van der Waals surface area (Å²) in [5.74, 6) is 0.755. The minimum Gasteiger partial charge on any atom is -0.372 e. The van der Waals surface area contributed by atoms with Gasteiger partial charge in [0.1, 0.15) is 0 Å². The van der Waals surface area contributed by atoms with Crippen molar-refractivity contribution in [1.29, 1.82) is 0 Å². The highest BCUT2D eigenvalue weighted by Gasteiger charge is 2.14. The maximum absolute atomic E-state index is 12.2. The predicted molar refractivity (Wildman–Crippen MR) is 107 cm³/mol. The molecule has 0 aliphatic carbocycles. The molecule has 1 unspecified atom stereocenters. The summed E-state index contributed by atoms with van der Waals surface area (Å²) >= 11 is 0. The van der Waals surface area contributed by atoms with E-state index >= 15 is 0 Å². The number of benzene rings is 1. The molecule has 1 aromatic carbocycles. The number of halogens is 2. The second kappa shape index (κ2) is 12.4. The van der Waals surface area contributed by atoms with E-state index in [1.54, 1.807) is 0 Å². The Hall–Kier alpha value is -0.970. The summed E-state index contributed by atoms with van der Waals surface area (Å²) in [5.41, 5.74) is 1.94. The molecule has 2 N–H and O–H groups in total. The van der Waals surface area contributed by atoms with Crippen LogP contribution in [0.3, 0.4) is 0 Å². The summed E-state index contributed by atoms with van der Waals surface area (Å²) in [7, 11) is 0. The Bertz CT molecular complexity index is 462. The van der Waals surface area contributed by atoms with Crippen LogP contribution in [0.1, 0.15) is 43.5 Å². The Kier molecular flexibility index (Phi) is 11.9. The maximum Gasteiger partial charge on any atom is 0.251 e. The zero-order valence-corrected chi connectivity index (χ0v) is 16.3. The third kappa shape index (κ3) is 6.88. The number of rotatable bonds is 8. The van der Waals surface area contributed by atoms with Crippen LogP contribution in [0.15, 0.2) is 24.3 Å². The number of anilines is 1. The molecule has 24 heavy (non-hydrogen) atoms. The number of carbonyl (C=O) groups excluding carboxylic acids is 1. The summed E-state index contributed by atoms with van der Waals surface area (Å²) < 4.78 is 0. The van der Waals surface area contributed by atoms with E-state index in [4.69, 9.17) is 0 Å². The van der Waals surface area contributed by atoms with E-state index in [1.165, 1.54) is 12.1 Å². The van der Waals surface area contributed by atoms with Crippen LogP contribution in [-0.2, 0) is 0 Å². The summed E-state index contributed by atoms with van der Waals surface area (Å²) in [4.78, 5) is 14.5. The van der Waals surface area contributed by atoms with Gasteiger partial charge < -0.3 is 15.5 Å². The Labute approximate surface area is 158 Å². The van der Waals surface area contributed by atoms with Crippen molar-refractivity contribution in [3.8, 4) is 0 Å². The van der Waals surface area contributed by atoms with Crippen LogP contribution < -0.4 is 15.5 Å². The molecular formula is C18H31Cl2N3O. The van der Waals surface area contributed by atoms with Crippen molar-refractivity contribution in [3.63, 3.8) is 0 Å². The van der Waals surface area contributed by atoms with Gasteiger partial charge in [0.25, 0.3) is 5.91 Å². The van der Waals surface area contributed by atoms with Gasteiger partial charge in [-0.3, -0.25) is 4.79 Å². The fourth-order valence-corrected chi connectivity index (χ4v) is 3.02. The molecule has 1 amide bonds. The number of hydrogen-bond acceptors (Lipinski definition) is 3. The largest absolute Gasteiger partial charge is 0.372 e. The van der Waals surface area contributed by atoms with Gasteiger partial charge in [-0.1, -0.05) is 6.92 Å². The van der Waals surface area contributed by atoms with Crippen LogP contribution >= 0.6 is 24.8 Å². The molecule has 1 fully saturated rings. The minimum absolute atomic E-state index is 0. The molecule has 0 saturated carbocycles. The first-order valence-corrected chi connectivity index (χ1v) is 8.58. The lowest BCUT2D eigenvalue weighted by molar-refractivity contribution is 0.0951. The van der Waals surface area contributed by atoms with Gasteiger partial charge in [-0.2, -0.15) is 0 Å². The second-order valence-corrected chi connectivity index (χ2v) is 6.03. The number of nitrogens with zero attached hydrogens (tertiary/aromatic N) is 1. The van der Waals surface area contributed by atoms with Crippen LogP contribution in [0, 0.1) is 5.92 Å². The van der Waals surface area contributed by atoms with Crippen LogP contribution in [-0.4, -0.2) is 38.6 Å². The molecule has 138 valence electrons. The van der Waals surface area contributed by atoms with Crippen molar-refractivity contribution in [2.24, 2.45) is 5.92 Å². The topological polar surface area (TPSA) is 44.4 Å². The summed E-state index contributed by atoms with van der Waals surface area (Å²) in [5, 5.41) is 6.39. The zero-order chi connectivity index (χ0) is 15.8. The minimum atomic E-state index is 0. The Morgan fingerprint density at radius 2 is 1.96 bits per heavy atom. The average Bonchev–Trinajstić information content (AvgIpc) is 3.06. The van der Waals surface area contributed by atoms with Crippen LogP contribution in [0.5, 0.6) is 0 Å². The van der Waals surface area contributed by atoms with E-state index < -0.39 is 0 Å². The van der Waals surface area contributed by atoms with Crippen molar-refractivity contribution in [2.45, 2.75) is 33.1 Å². The van der Waals surface area contributed by atoms with Crippen molar-refractivity contribution in [3.05, 3.63) is 29.8 Å². The molecule has 1 aliphatic heterocycles. The molecule has 0 radical (unpaired) electrons. The lowest BCUT2D eigenvalue weighted by Gasteiger charge is -2.22. The second-order valence-electron chi connectivity index (χ2n) is 6.03. The molecule has 4 nitrogen and oxygen atoms in total. The van der Waals surface area contributed by atoms with Gasteiger partial charge in [0.2, 0.25) is 0 Å². The Balaban J connectivity index is 0.00000264. The van der Waals surface area contributed by atoms with Crippen molar-refractivity contribution >= 4 is 36.4 Å². The predicted octanol–water partition coefficient (Wildman–Crippen LogP) is 3.50. The number of carbonyl (C=O) groups is 1. The van der Waals surface area contributed by atoms with Crippen LogP contribution in [0.4, 0.5) is 5.69 Å². The number of amides is 1. The van der Waals surface area contributed by atoms with Crippen LogP contribution in [0.2, 0.25) is 0 Å². The highest BCUT2D eigenvalue weighted by molar-refractivity contribution is 5.94. The Morgan fingerprint density at radius 1 is 1.25 bits per heavy atom. The molecule has 2 rings (SSSR count). The van der Waals surface area contributed by atoms with Gasteiger partial charge in [0, 0.05) is 30.9 Å². The van der Waals surface area contributed by atoms with Gasteiger partial charge in [-0.25, -0.2) is 0 Å². The fraction of sp³-hybridized carbons (Fsp3) is 0.611. The first kappa shape index (κ1) is 23.0. The van der Waals surface area contributed by atoms with E-state index in [9.17, 15) is 4.79 Å². The molecule has 1 aliphatic rings. The highest BCUT2D eigenvalue weighted by Crippen LogP contribution is 2.16. The third-order valence-corrected chi connectivity index (χ3v) is 4.37. The molecule has 0 aromatic heterocycles. The van der Waals surface area contributed by atoms with Crippen LogP contribution in [0.25, 0.3) is 0 Å². The molecular weight excluding hydrogens is 345 g/mol. The van der Waals surface area contributed by atoms with Crippen molar-refractivity contribution < 1.29 is 4.79 Å². The summed E-state index contributed by atoms with van der Waals surface area (Å²) in [6, 6.07) is 7.96. The SMILES string of the molecule is CCCN(CC)c1ccc(C(=O)NCCC2CCNC2)cc1.Cl.Cl. The lowest BCUT2D eigenvalue weighted by Crippen LogP contribution is -2.27. The molecule has 0 bridgehead atoms. The average molecular weight is 376 g/mol. The molecule has 1 aromatic rings. The maximum atomic E-state index is 12.2. The smallest absolute Gasteiger partial charge is 0.251 e. The van der Waals surface area contributed by atoms with Gasteiger partial charge >= 0.3 is 0 Å². The third-order valence-electron chi connectivity index (χ3n) is 4.37. The number of hydrogen-bond donors (Lipinski definition) is 2. The molecule has 6 heteroatoms. The first-order chi connectivity index (χ1) is 10.7. The molecule has 0 spiro atoms. The van der Waals surface area contributed by atoms with E-state index in [-0.39, 0.29) is 30.7 Å². The van der Waals surface area contributed by atoms with Gasteiger partial charge in [0.15, 0.2) is 0 Å². The number of nitrogens with one attached hydrogen (secondary N) is 2. The Morgan fingerprint density at radius 3 is 2.50 bits per heavy atom. The van der Waals surface area contributed by atoms with Crippen molar-refractivity contribution in [1.82, 2.24) is 10.6 Å². The highest BCUT2D eigenvalue weighted by atomic mass is 35.5. The van der Waals surface area contributed by atoms with E-state index in [1.807, 2.05) is 12.1 Å². The van der Waals surface area contributed by atoms with E-state index in [0.717, 1.165) is 57.0 Å². The summed E-state index contributed by atoms with van der Waals surface area (Å²) in [6.07, 6.45) is 3.43. The van der Waals surface area contributed by atoms with Gasteiger partial charge in [-0.05, 0) is 69.5 Å². The molecule has 1 heterocycles. The molecule has 1 atom stereocenters. The lowest BCUT2D eigenvalue weighted by atomic mass is 10.1. The monoisotopic (exact) mass is 375 g/mol. The zero-order valence-electron chi connectivity index (χ0n) is 14.7. The fourth-order valence-electron chi connectivity index (χ4n) is 3.02. The van der Waals surface area contributed by atoms with Gasteiger partial charge in [-0.15, -0.1) is 24.8 Å². The molecule has 1 saturated heterocycles. The van der Waals surface area contributed by atoms with E-state index in [0.29, 0.717) is 0 Å².